The van der Waals surface area contributed by atoms with Crippen molar-refractivity contribution < 1.29 is 4.79 Å². The molecule has 2 rings (SSSR count). The first-order valence-corrected chi connectivity index (χ1v) is 6.92. The van der Waals surface area contributed by atoms with Crippen LogP contribution in [0.1, 0.15) is 24.4 Å². The van der Waals surface area contributed by atoms with Crippen LogP contribution in [0.15, 0.2) is 30.3 Å². The van der Waals surface area contributed by atoms with E-state index in [-0.39, 0.29) is 6.03 Å². The maximum atomic E-state index is 11.4. The van der Waals surface area contributed by atoms with Crippen LogP contribution >= 0.6 is 0 Å². The topological polar surface area (TPSA) is 44.4 Å². The predicted molar refractivity (Wildman–Crippen MR) is 77.0 cm³/mol. The molecular weight excluding hydrogens is 238 g/mol. The molecule has 1 aliphatic carbocycles. The Kier molecular flexibility index (Phi) is 4.80. The molecule has 104 valence electrons. The van der Waals surface area contributed by atoms with Crippen molar-refractivity contribution in [1.82, 2.24) is 15.5 Å². The van der Waals surface area contributed by atoms with Crippen molar-refractivity contribution in [2.24, 2.45) is 5.92 Å². The van der Waals surface area contributed by atoms with Gasteiger partial charge in [0.1, 0.15) is 0 Å². The van der Waals surface area contributed by atoms with Crippen LogP contribution in [0.3, 0.4) is 0 Å². The molecule has 0 bridgehead atoms. The third-order valence-electron chi connectivity index (χ3n) is 3.42. The van der Waals surface area contributed by atoms with Crippen molar-refractivity contribution in [3.05, 3.63) is 35.9 Å². The fourth-order valence-electron chi connectivity index (χ4n) is 2.20. The molecule has 4 nitrogen and oxygen atoms in total. The zero-order valence-electron chi connectivity index (χ0n) is 11.7. The van der Waals surface area contributed by atoms with Crippen molar-refractivity contribution in [2.45, 2.75) is 18.9 Å². The molecule has 1 saturated carbocycles. The molecule has 0 aromatic heterocycles. The molecule has 19 heavy (non-hydrogen) atoms. The van der Waals surface area contributed by atoms with Crippen LogP contribution in [-0.2, 0) is 0 Å². The highest BCUT2D eigenvalue weighted by Crippen LogP contribution is 2.40. The summed E-state index contributed by atoms with van der Waals surface area (Å²) in [7, 11) is 3.50. The number of benzene rings is 1. The van der Waals surface area contributed by atoms with E-state index in [4.69, 9.17) is 0 Å². The third-order valence-corrected chi connectivity index (χ3v) is 3.42. The van der Waals surface area contributed by atoms with Crippen molar-refractivity contribution in [3.63, 3.8) is 0 Å². The molecule has 0 radical (unpaired) electrons. The lowest BCUT2D eigenvalue weighted by molar-refractivity contribution is 0.217. The van der Waals surface area contributed by atoms with Gasteiger partial charge in [0.25, 0.3) is 0 Å². The number of carbonyl (C=O) groups excluding carboxylic acids is 1. The van der Waals surface area contributed by atoms with E-state index in [1.54, 1.807) is 19.0 Å². The average Bonchev–Trinajstić information content (AvgIpc) is 3.23. The molecule has 0 spiro atoms. The molecule has 0 saturated heterocycles. The molecule has 0 heterocycles. The predicted octanol–water partition coefficient (Wildman–Crippen LogP) is 2.00. The Morgan fingerprint density at radius 1 is 1.26 bits per heavy atom. The van der Waals surface area contributed by atoms with Crippen molar-refractivity contribution in [3.8, 4) is 0 Å². The molecule has 1 atom stereocenters. The van der Waals surface area contributed by atoms with Gasteiger partial charge in [-0.3, -0.25) is 0 Å². The summed E-state index contributed by atoms with van der Waals surface area (Å²) in [5, 5.41) is 6.43. The van der Waals surface area contributed by atoms with Crippen LogP contribution in [0.4, 0.5) is 4.79 Å². The van der Waals surface area contributed by atoms with Gasteiger partial charge in [0.2, 0.25) is 0 Å². The zero-order chi connectivity index (χ0) is 13.7. The standard InChI is InChI=1S/C15H23N3O/c1-18(2)15(19)17-11-10-16-14(13-8-9-13)12-6-4-3-5-7-12/h3-7,13-14,16H,8-11H2,1-2H3,(H,17,19). The Hall–Kier alpha value is -1.55. The highest BCUT2D eigenvalue weighted by Gasteiger charge is 2.31. The van der Waals surface area contributed by atoms with E-state index < -0.39 is 0 Å². The first-order chi connectivity index (χ1) is 9.18. The van der Waals surface area contributed by atoms with Crippen LogP contribution in [0.5, 0.6) is 0 Å². The van der Waals surface area contributed by atoms with E-state index in [1.807, 2.05) is 6.07 Å². The van der Waals surface area contributed by atoms with E-state index in [2.05, 4.69) is 34.9 Å². The minimum Gasteiger partial charge on any atom is -0.337 e. The molecule has 0 aliphatic heterocycles. The van der Waals surface area contributed by atoms with Crippen LogP contribution in [-0.4, -0.2) is 38.1 Å². The van der Waals surface area contributed by atoms with Gasteiger partial charge in [0.15, 0.2) is 0 Å². The van der Waals surface area contributed by atoms with Gasteiger partial charge >= 0.3 is 6.03 Å². The van der Waals surface area contributed by atoms with Crippen LogP contribution in [0.25, 0.3) is 0 Å². The number of amides is 2. The summed E-state index contributed by atoms with van der Waals surface area (Å²) in [6.07, 6.45) is 2.60. The first-order valence-electron chi connectivity index (χ1n) is 6.92. The Balaban J connectivity index is 1.78. The lowest BCUT2D eigenvalue weighted by Crippen LogP contribution is -2.39. The molecule has 2 N–H and O–H groups in total. The highest BCUT2D eigenvalue weighted by atomic mass is 16.2. The van der Waals surface area contributed by atoms with E-state index in [0.717, 1.165) is 12.5 Å². The summed E-state index contributed by atoms with van der Waals surface area (Å²) in [5.74, 6) is 0.756. The number of nitrogens with zero attached hydrogens (tertiary/aromatic N) is 1. The van der Waals surface area contributed by atoms with Gasteiger partial charge in [0, 0.05) is 33.2 Å². The zero-order valence-corrected chi connectivity index (χ0v) is 11.7. The average molecular weight is 261 g/mol. The smallest absolute Gasteiger partial charge is 0.316 e. The van der Waals surface area contributed by atoms with E-state index in [1.165, 1.54) is 18.4 Å². The van der Waals surface area contributed by atoms with Gasteiger partial charge in [0.05, 0.1) is 0 Å². The minimum absolute atomic E-state index is 0.0375. The molecule has 1 fully saturated rings. The van der Waals surface area contributed by atoms with E-state index in [0.29, 0.717) is 12.6 Å². The number of hydrogen-bond acceptors (Lipinski definition) is 2. The highest BCUT2D eigenvalue weighted by molar-refractivity contribution is 5.73. The number of nitrogens with one attached hydrogen (secondary N) is 2. The van der Waals surface area contributed by atoms with Crippen LogP contribution in [0, 0.1) is 5.92 Å². The largest absolute Gasteiger partial charge is 0.337 e. The molecular formula is C15H23N3O. The fraction of sp³-hybridized carbons (Fsp3) is 0.533. The molecule has 2 amide bonds. The molecule has 1 aliphatic rings. The van der Waals surface area contributed by atoms with Crippen LogP contribution < -0.4 is 10.6 Å². The van der Waals surface area contributed by atoms with E-state index >= 15 is 0 Å². The van der Waals surface area contributed by atoms with Crippen LogP contribution in [0.2, 0.25) is 0 Å². The van der Waals surface area contributed by atoms with Crippen molar-refractivity contribution in [1.29, 1.82) is 0 Å². The summed E-state index contributed by atoms with van der Waals surface area (Å²) < 4.78 is 0. The van der Waals surface area contributed by atoms with Gasteiger partial charge in [-0.25, -0.2) is 4.79 Å². The van der Waals surface area contributed by atoms with Gasteiger partial charge in [-0.1, -0.05) is 30.3 Å². The minimum atomic E-state index is -0.0375. The third kappa shape index (κ3) is 4.24. The van der Waals surface area contributed by atoms with Crippen molar-refractivity contribution in [2.75, 3.05) is 27.2 Å². The molecule has 1 aromatic rings. The Bertz CT molecular complexity index is 401. The lowest BCUT2D eigenvalue weighted by atomic mass is 10.0. The quantitative estimate of drug-likeness (QED) is 0.769. The first kappa shape index (κ1) is 13.9. The van der Waals surface area contributed by atoms with Gasteiger partial charge in [-0.2, -0.15) is 0 Å². The fourth-order valence-corrected chi connectivity index (χ4v) is 2.20. The summed E-state index contributed by atoms with van der Waals surface area (Å²) in [4.78, 5) is 12.9. The number of urea groups is 1. The molecule has 1 unspecified atom stereocenters. The number of carbonyl (C=O) groups is 1. The van der Waals surface area contributed by atoms with Crippen molar-refractivity contribution >= 4 is 6.03 Å². The van der Waals surface area contributed by atoms with Gasteiger partial charge < -0.3 is 15.5 Å². The summed E-state index contributed by atoms with van der Waals surface area (Å²) >= 11 is 0. The second kappa shape index (κ2) is 6.57. The molecule has 4 heteroatoms. The maximum absolute atomic E-state index is 11.4. The summed E-state index contributed by atoms with van der Waals surface area (Å²) in [6, 6.07) is 11.0. The Morgan fingerprint density at radius 3 is 2.53 bits per heavy atom. The normalized spacial score (nSPS) is 15.9. The summed E-state index contributed by atoms with van der Waals surface area (Å²) in [6.45, 7) is 1.46. The Labute approximate surface area is 115 Å². The van der Waals surface area contributed by atoms with Gasteiger partial charge in [-0.05, 0) is 24.3 Å². The Morgan fingerprint density at radius 2 is 1.95 bits per heavy atom. The second-order valence-electron chi connectivity index (χ2n) is 5.31. The van der Waals surface area contributed by atoms with Gasteiger partial charge in [-0.15, -0.1) is 0 Å². The molecule has 1 aromatic carbocycles. The number of rotatable bonds is 6. The second-order valence-corrected chi connectivity index (χ2v) is 5.31. The van der Waals surface area contributed by atoms with E-state index in [9.17, 15) is 4.79 Å². The number of hydrogen-bond donors (Lipinski definition) is 2. The maximum Gasteiger partial charge on any atom is 0.316 e. The summed E-state index contributed by atoms with van der Waals surface area (Å²) in [5.41, 5.74) is 1.35. The lowest BCUT2D eigenvalue weighted by Gasteiger charge is -2.19. The SMILES string of the molecule is CN(C)C(=O)NCCNC(c1ccccc1)C1CC1. The monoisotopic (exact) mass is 261 g/mol.